The fourth-order valence-corrected chi connectivity index (χ4v) is 2.73. The lowest BCUT2D eigenvalue weighted by Crippen LogP contribution is -2.29. The standard InChI is InChI=1S/C15H25N3/c1-4-5-16-9-14-10-17-18-15(14)13-7-11(2)6-12(3)8-13/h6-8,14-18H,4-5,9-10H2,1-3H3. The van der Waals surface area contributed by atoms with Gasteiger partial charge in [0.2, 0.25) is 0 Å². The molecular weight excluding hydrogens is 222 g/mol. The van der Waals surface area contributed by atoms with Gasteiger partial charge in [-0.2, -0.15) is 0 Å². The minimum atomic E-state index is 0.424. The van der Waals surface area contributed by atoms with E-state index >= 15 is 0 Å². The Labute approximate surface area is 110 Å². The third-order valence-corrected chi connectivity index (χ3v) is 3.53. The molecule has 3 nitrogen and oxygen atoms in total. The monoisotopic (exact) mass is 247 g/mol. The average molecular weight is 247 g/mol. The van der Waals surface area contributed by atoms with Gasteiger partial charge in [-0.25, -0.2) is 5.43 Å². The van der Waals surface area contributed by atoms with Crippen LogP contribution in [-0.4, -0.2) is 19.6 Å². The Hall–Kier alpha value is -0.900. The summed E-state index contributed by atoms with van der Waals surface area (Å²) in [6.07, 6.45) is 1.20. The third kappa shape index (κ3) is 3.31. The van der Waals surface area contributed by atoms with Crippen molar-refractivity contribution in [2.45, 2.75) is 33.2 Å². The number of hydrogen-bond donors (Lipinski definition) is 3. The third-order valence-electron chi connectivity index (χ3n) is 3.53. The van der Waals surface area contributed by atoms with Crippen LogP contribution in [0.3, 0.4) is 0 Å². The molecule has 1 fully saturated rings. The molecule has 3 heteroatoms. The molecule has 18 heavy (non-hydrogen) atoms. The molecule has 2 atom stereocenters. The molecule has 1 heterocycles. The van der Waals surface area contributed by atoms with Crippen molar-refractivity contribution < 1.29 is 0 Å². The van der Waals surface area contributed by atoms with Gasteiger partial charge in [0, 0.05) is 19.0 Å². The number of benzene rings is 1. The van der Waals surface area contributed by atoms with E-state index in [9.17, 15) is 0 Å². The van der Waals surface area contributed by atoms with Crippen LogP contribution in [0.5, 0.6) is 0 Å². The van der Waals surface area contributed by atoms with E-state index < -0.39 is 0 Å². The van der Waals surface area contributed by atoms with Crippen LogP contribution in [0.2, 0.25) is 0 Å². The van der Waals surface area contributed by atoms with E-state index in [4.69, 9.17) is 0 Å². The van der Waals surface area contributed by atoms with E-state index in [1.165, 1.54) is 23.1 Å². The first-order chi connectivity index (χ1) is 8.70. The Balaban J connectivity index is 2.05. The van der Waals surface area contributed by atoms with Crippen molar-refractivity contribution in [3.8, 4) is 0 Å². The predicted molar refractivity (Wildman–Crippen MR) is 76.4 cm³/mol. The van der Waals surface area contributed by atoms with Crippen molar-refractivity contribution in [1.29, 1.82) is 0 Å². The predicted octanol–water partition coefficient (Wildman–Crippen LogP) is 2.07. The fourth-order valence-electron chi connectivity index (χ4n) is 2.73. The highest BCUT2D eigenvalue weighted by Gasteiger charge is 2.27. The summed E-state index contributed by atoms with van der Waals surface area (Å²) in [7, 11) is 0. The van der Waals surface area contributed by atoms with Crippen LogP contribution >= 0.6 is 0 Å². The van der Waals surface area contributed by atoms with Crippen molar-refractivity contribution in [2.24, 2.45) is 5.92 Å². The molecule has 0 aliphatic carbocycles. The van der Waals surface area contributed by atoms with Gasteiger partial charge in [-0.15, -0.1) is 0 Å². The quantitative estimate of drug-likeness (QED) is 0.697. The van der Waals surface area contributed by atoms with E-state index in [1.54, 1.807) is 0 Å². The second-order valence-corrected chi connectivity index (χ2v) is 5.39. The van der Waals surface area contributed by atoms with Gasteiger partial charge in [0.25, 0.3) is 0 Å². The SMILES string of the molecule is CCCNCC1CNNC1c1cc(C)cc(C)c1. The van der Waals surface area contributed by atoms with Crippen LogP contribution < -0.4 is 16.2 Å². The van der Waals surface area contributed by atoms with Crippen LogP contribution in [0, 0.1) is 19.8 Å². The van der Waals surface area contributed by atoms with Gasteiger partial charge < -0.3 is 5.32 Å². The van der Waals surface area contributed by atoms with Crippen molar-refractivity contribution in [3.05, 3.63) is 34.9 Å². The maximum Gasteiger partial charge on any atom is 0.0515 e. The molecule has 1 aliphatic rings. The highest BCUT2D eigenvalue weighted by molar-refractivity contribution is 5.31. The van der Waals surface area contributed by atoms with Crippen molar-refractivity contribution in [3.63, 3.8) is 0 Å². The van der Waals surface area contributed by atoms with E-state index in [0.29, 0.717) is 12.0 Å². The zero-order valence-electron chi connectivity index (χ0n) is 11.7. The molecule has 1 aromatic carbocycles. The van der Waals surface area contributed by atoms with Gasteiger partial charge in [-0.05, 0) is 32.4 Å². The number of rotatable bonds is 5. The van der Waals surface area contributed by atoms with Crippen LogP contribution in [0.4, 0.5) is 0 Å². The van der Waals surface area contributed by atoms with E-state index in [0.717, 1.165) is 19.6 Å². The Morgan fingerprint density at radius 2 is 1.94 bits per heavy atom. The second kappa shape index (κ2) is 6.32. The van der Waals surface area contributed by atoms with Gasteiger partial charge in [0.05, 0.1) is 6.04 Å². The molecule has 0 radical (unpaired) electrons. The molecule has 1 aromatic rings. The van der Waals surface area contributed by atoms with E-state index in [-0.39, 0.29) is 0 Å². The summed E-state index contributed by atoms with van der Waals surface area (Å²) in [6.45, 7) is 9.77. The first-order valence-electron chi connectivity index (χ1n) is 6.98. The van der Waals surface area contributed by atoms with Gasteiger partial charge in [-0.3, -0.25) is 5.43 Å². The minimum absolute atomic E-state index is 0.424. The van der Waals surface area contributed by atoms with E-state index in [2.05, 4.69) is 55.1 Å². The summed E-state index contributed by atoms with van der Waals surface area (Å²) >= 11 is 0. The Morgan fingerprint density at radius 3 is 2.61 bits per heavy atom. The fraction of sp³-hybridized carbons (Fsp3) is 0.600. The first-order valence-corrected chi connectivity index (χ1v) is 6.98. The number of hydrazine groups is 1. The number of nitrogens with one attached hydrogen (secondary N) is 3. The molecule has 0 saturated carbocycles. The van der Waals surface area contributed by atoms with Crippen LogP contribution in [0.25, 0.3) is 0 Å². The van der Waals surface area contributed by atoms with Gasteiger partial charge in [0.1, 0.15) is 0 Å². The molecule has 0 spiro atoms. The maximum absolute atomic E-state index is 3.53. The smallest absolute Gasteiger partial charge is 0.0515 e. The highest BCUT2D eigenvalue weighted by atomic mass is 15.4. The Morgan fingerprint density at radius 1 is 1.22 bits per heavy atom. The molecule has 100 valence electrons. The molecule has 3 N–H and O–H groups in total. The summed E-state index contributed by atoms with van der Waals surface area (Å²) in [5.74, 6) is 0.623. The molecular formula is C15H25N3. The van der Waals surface area contributed by atoms with Crippen LogP contribution in [0.15, 0.2) is 18.2 Å². The summed E-state index contributed by atoms with van der Waals surface area (Å²) < 4.78 is 0. The summed E-state index contributed by atoms with van der Waals surface area (Å²) in [5.41, 5.74) is 10.8. The van der Waals surface area contributed by atoms with Crippen molar-refractivity contribution in [2.75, 3.05) is 19.6 Å². The molecule has 1 aliphatic heterocycles. The number of aryl methyl sites for hydroxylation is 2. The topological polar surface area (TPSA) is 36.1 Å². The van der Waals surface area contributed by atoms with Crippen LogP contribution in [0.1, 0.15) is 36.1 Å². The van der Waals surface area contributed by atoms with Crippen LogP contribution in [-0.2, 0) is 0 Å². The largest absolute Gasteiger partial charge is 0.316 e. The molecule has 0 amide bonds. The lowest BCUT2D eigenvalue weighted by Gasteiger charge is -2.20. The van der Waals surface area contributed by atoms with Gasteiger partial charge in [0.15, 0.2) is 0 Å². The molecule has 2 rings (SSSR count). The van der Waals surface area contributed by atoms with Crippen molar-refractivity contribution in [1.82, 2.24) is 16.2 Å². The molecule has 2 unspecified atom stereocenters. The zero-order chi connectivity index (χ0) is 13.0. The molecule has 0 aromatic heterocycles. The van der Waals surface area contributed by atoms with Gasteiger partial charge >= 0.3 is 0 Å². The zero-order valence-corrected chi connectivity index (χ0v) is 11.7. The lowest BCUT2D eigenvalue weighted by atomic mass is 9.92. The lowest BCUT2D eigenvalue weighted by molar-refractivity contribution is 0.442. The minimum Gasteiger partial charge on any atom is -0.316 e. The Bertz CT molecular complexity index is 369. The normalized spacial score (nSPS) is 23.5. The average Bonchev–Trinajstić information content (AvgIpc) is 2.76. The van der Waals surface area contributed by atoms with E-state index in [1.807, 2.05) is 0 Å². The summed E-state index contributed by atoms with van der Waals surface area (Å²) in [5, 5.41) is 3.53. The Kier molecular flexibility index (Phi) is 4.75. The first kappa shape index (κ1) is 13.5. The molecule has 0 bridgehead atoms. The van der Waals surface area contributed by atoms with Gasteiger partial charge in [-0.1, -0.05) is 36.2 Å². The van der Waals surface area contributed by atoms with Crippen molar-refractivity contribution >= 4 is 0 Å². The molecule has 1 saturated heterocycles. The maximum atomic E-state index is 3.53. The number of hydrogen-bond acceptors (Lipinski definition) is 3. The highest BCUT2D eigenvalue weighted by Crippen LogP contribution is 2.26. The second-order valence-electron chi connectivity index (χ2n) is 5.39. The summed E-state index contributed by atoms with van der Waals surface area (Å²) in [4.78, 5) is 0. The summed E-state index contributed by atoms with van der Waals surface area (Å²) in [6, 6.07) is 7.25.